The Labute approximate surface area is 102 Å². The van der Waals surface area contributed by atoms with Crippen molar-refractivity contribution in [3.05, 3.63) is 46.7 Å². The summed E-state index contributed by atoms with van der Waals surface area (Å²) in [6, 6.07) is 7.86. The maximum absolute atomic E-state index is 5.47. The zero-order valence-corrected chi connectivity index (χ0v) is 10.0. The molecule has 4 nitrogen and oxygen atoms in total. The minimum absolute atomic E-state index is 0.383. The Morgan fingerprint density at radius 1 is 1.19 bits per heavy atom. The third-order valence-electron chi connectivity index (χ3n) is 1.98. The Kier molecular flexibility index (Phi) is 3.36. The molecular weight excluding hydrogens is 270 g/mol. The van der Waals surface area contributed by atoms with Crippen LogP contribution >= 0.6 is 15.9 Å². The predicted molar refractivity (Wildman–Crippen MR) is 64.9 cm³/mol. The molecule has 2 rings (SSSR count). The Bertz CT molecular complexity index is 473. The van der Waals surface area contributed by atoms with Crippen LogP contribution < -0.4 is 10.5 Å². The number of hydrogen-bond donors (Lipinski definition) is 1. The van der Waals surface area contributed by atoms with E-state index in [4.69, 9.17) is 10.5 Å². The maximum Gasteiger partial charge on any atom is 0.232 e. The fourth-order valence-electron chi connectivity index (χ4n) is 1.17. The highest BCUT2D eigenvalue weighted by Crippen LogP contribution is 2.17. The summed E-state index contributed by atoms with van der Waals surface area (Å²) < 4.78 is 6.48. The zero-order chi connectivity index (χ0) is 11.4. The van der Waals surface area contributed by atoms with Crippen molar-refractivity contribution in [1.29, 1.82) is 0 Å². The molecule has 0 saturated heterocycles. The summed E-state index contributed by atoms with van der Waals surface area (Å²) in [5.41, 5.74) is 6.48. The van der Waals surface area contributed by atoms with Gasteiger partial charge in [-0.15, -0.1) is 0 Å². The molecule has 1 heterocycles. The molecule has 0 spiro atoms. The van der Waals surface area contributed by atoms with E-state index in [0.29, 0.717) is 18.3 Å². The van der Waals surface area contributed by atoms with Crippen LogP contribution in [0.25, 0.3) is 0 Å². The first-order valence-corrected chi connectivity index (χ1v) is 5.49. The summed E-state index contributed by atoms with van der Waals surface area (Å²) in [5.74, 6) is 0.846. The Hall–Kier alpha value is -1.62. The van der Waals surface area contributed by atoms with Crippen molar-refractivity contribution >= 4 is 21.7 Å². The van der Waals surface area contributed by atoms with E-state index in [2.05, 4.69) is 25.9 Å². The van der Waals surface area contributed by atoms with Crippen LogP contribution in [0.1, 0.15) is 5.56 Å². The molecule has 1 aromatic heterocycles. The maximum atomic E-state index is 5.47. The van der Waals surface area contributed by atoms with E-state index in [1.807, 2.05) is 24.3 Å². The summed E-state index contributed by atoms with van der Waals surface area (Å²) in [7, 11) is 0. The highest BCUT2D eigenvalue weighted by molar-refractivity contribution is 9.10. The van der Waals surface area contributed by atoms with Crippen LogP contribution in [0.5, 0.6) is 5.88 Å². The second kappa shape index (κ2) is 4.94. The molecule has 82 valence electrons. The third-order valence-corrected chi connectivity index (χ3v) is 2.76. The van der Waals surface area contributed by atoms with Gasteiger partial charge in [-0.25, -0.2) is 9.97 Å². The summed E-state index contributed by atoms with van der Waals surface area (Å²) in [5, 5.41) is 0. The fourth-order valence-corrected chi connectivity index (χ4v) is 1.57. The number of ether oxygens (including phenoxy) is 1. The molecule has 0 aliphatic carbocycles. The summed E-state index contributed by atoms with van der Waals surface area (Å²) in [6.45, 7) is 0.444. The van der Waals surface area contributed by atoms with E-state index < -0.39 is 0 Å². The van der Waals surface area contributed by atoms with Gasteiger partial charge in [0.05, 0.1) is 12.4 Å². The number of hydrogen-bond acceptors (Lipinski definition) is 4. The van der Waals surface area contributed by atoms with Crippen LogP contribution in [0.3, 0.4) is 0 Å². The normalized spacial score (nSPS) is 10.1. The third kappa shape index (κ3) is 2.70. The molecule has 1 aromatic carbocycles. The molecule has 0 radical (unpaired) electrons. The van der Waals surface area contributed by atoms with Crippen molar-refractivity contribution in [2.75, 3.05) is 5.73 Å². The van der Waals surface area contributed by atoms with Crippen molar-refractivity contribution in [2.24, 2.45) is 0 Å². The van der Waals surface area contributed by atoms with Gasteiger partial charge in [0.25, 0.3) is 0 Å². The van der Waals surface area contributed by atoms with Crippen LogP contribution in [-0.4, -0.2) is 9.97 Å². The van der Waals surface area contributed by atoms with Crippen molar-refractivity contribution in [2.45, 2.75) is 6.61 Å². The number of aromatic nitrogens is 2. The van der Waals surface area contributed by atoms with Crippen LogP contribution in [0, 0.1) is 0 Å². The second-order valence-corrected chi connectivity index (χ2v) is 4.01. The van der Waals surface area contributed by atoms with Crippen LogP contribution in [0.15, 0.2) is 41.1 Å². The summed E-state index contributed by atoms with van der Waals surface area (Å²) in [4.78, 5) is 7.89. The first-order chi connectivity index (χ1) is 7.75. The predicted octanol–water partition coefficient (Wildman–Crippen LogP) is 2.40. The first-order valence-electron chi connectivity index (χ1n) is 4.69. The van der Waals surface area contributed by atoms with Gasteiger partial charge in [0, 0.05) is 10.0 Å². The molecule has 16 heavy (non-hydrogen) atoms. The monoisotopic (exact) mass is 279 g/mol. The minimum Gasteiger partial charge on any atom is -0.472 e. The summed E-state index contributed by atoms with van der Waals surface area (Å²) in [6.07, 6.45) is 2.97. The van der Waals surface area contributed by atoms with Crippen LogP contribution in [0.2, 0.25) is 0 Å². The van der Waals surface area contributed by atoms with E-state index in [1.165, 1.54) is 12.4 Å². The van der Waals surface area contributed by atoms with Gasteiger partial charge in [0.1, 0.15) is 12.4 Å². The Morgan fingerprint density at radius 3 is 2.69 bits per heavy atom. The lowest BCUT2D eigenvalue weighted by Crippen LogP contribution is -1.99. The molecule has 0 saturated carbocycles. The number of anilines is 1. The summed E-state index contributed by atoms with van der Waals surface area (Å²) >= 11 is 3.45. The molecule has 0 aliphatic rings. The number of nitrogens with two attached hydrogens (primary N) is 1. The molecular formula is C11H10BrN3O. The molecule has 2 aromatic rings. The standard InChI is InChI=1S/C11H10BrN3O/c12-9-4-2-1-3-8(9)7-16-11-6-14-10(13)5-15-11/h1-6H,7H2,(H2,13,14). The van der Waals surface area contributed by atoms with Gasteiger partial charge in [-0.3, -0.25) is 0 Å². The molecule has 2 N–H and O–H groups in total. The van der Waals surface area contributed by atoms with Gasteiger partial charge in [-0.05, 0) is 6.07 Å². The topological polar surface area (TPSA) is 61.0 Å². The van der Waals surface area contributed by atoms with Gasteiger partial charge in [0.2, 0.25) is 5.88 Å². The molecule has 0 aliphatic heterocycles. The van der Waals surface area contributed by atoms with Gasteiger partial charge < -0.3 is 10.5 Å². The van der Waals surface area contributed by atoms with Crippen LogP contribution in [0.4, 0.5) is 5.82 Å². The number of nitrogen functional groups attached to an aromatic ring is 1. The number of benzene rings is 1. The lowest BCUT2D eigenvalue weighted by molar-refractivity contribution is 0.292. The highest BCUT2D eigenvalue weighted by atomic mass is 79.9. The molecule has 0 amide bonds. The van der Waals surface area contributed by atoms with E-state index in [1.54, 1.807) is 0 Å². The molecule has 0 atom stereocenters. The van der Waals surface area contributed by atoms with Crippen molar-refractivity contribution in [3.63, 3.8) is 0 Å². The smallest absolute Gasteiger partial charge is 0.232 e. The molecule has 0 bridgehead atoms. The highest BCUT2D eigenvalue weighted by Gasteiger charge is 2.00. The number of halogens is 1. The fraction of sp³-hybridized carbons (Fsp3) is 0.0909. The van der Waals surface area contributed by atoms with Crippen molar-refractivity contribution < 1.29 is 4.74 Å². The van der Waals surface area contributed by atoms with Gasteiger partial charge in [0.15, 0.2) is 0 Å². The molecule has 0 fully saturated rings. The average Bonchev–Trinajstić information content (AvgIpc) is 2.30. The van der Waals surface area contributed by atoms with Gasteiger partial charge >= 0.3 is 0 Å². The van der Waals surface area contributed by atoms with Crippen LogP contribution in [-0.2, 0) is 6.61 Å². The Balaban J connectivity index is 2.02. The average molecular weight is 280 g/mol. The quantitative estimate of drug-likeness (QED) is 0.937. The number of nitrogens with zero attached hydrogens (tertiary/aromatic N) is 2. The Morgan fingerprint density at radius 2 is 2.00 bits per heavy atom. The number of rotatable bonds is 3. The van der Waals surface area contributed by atoms with Gasteiger partial charge in [-0.1, -0.05) is 34.1 Å². The van der Waals surface area contributed by atoms with E-state index in [9.17, 15) is 0 Å². The first kappa shape index (κ1) is 10.9. The minimum atomic E-state index is 0.383. The second-order valence-electron chi connectivity index (χ2n) is 3.16. The molecule has 5 heteroatoms. The SMILES string of the molecule is Nc1cnc(OCc2ccccc2Br)cn1. The lowest BCUT2D eigenvalue weighted by atomic mass is 10.2. The van der Waals surface area contributed by atoms with E-state index in [-0.39, 0.29) is 0 Å². The van der Waals surface area contributed by atoms with Gasteiger partial charge in [-0.2, -0.15) is 0 Å². The van der Waals surface area contributed by atoms with E-state index >= 15 is 0 Å². The lowest BCUT2D eigenvalue weighted by Gasteiger charge is -2.06. The van der Waals surface area contributed by atoms with E-state index in [0.717, 1.165) is 10.0 Å². The van der Waals surface area contributed by atoms with Crippen molar-refractivity contribution in [3.8, 4) is 5.88 Å². The van der Waals surface area contributed by atoms with Crippen molar-refractivity contribution in [1.82, 2.24) is 9.97 Å². The molecule has 0 unspecified atom stereocenters. The zero-order valence-electron chi connectivity index (χ0n) is 8.43. The largest absolute Gasteiger partial charge is 0.472 e.